The van der Waals surface area contributed by atoms with Gasteiger partial charge in [0.15, 0.2) is 0 Å². The van der Waals surface area contributed by atoms with E-state index in [1.165, 1.54) is 167 Å². The Morgan fingerprint density at radius 2 is 0.774 bits per heavy atom. The van der Waals surface area contributed by atoms with Crippen LogP contribution in [0.2, 0.25) is 0 Å². The maximum Gasteiger partial charge on any atom is 0.130 e. The average Bonchev–Trinajstić information content (AvgIpc) is 3.11. The fourth-order valence-electron chi connectivity index (χ4n) is 6.81. The third kappa shape index (κ3) is 43.9. The van der Waals surface area contributed by atoms with Gasteiger partial charge in [-0.25, -0.2) is 0 Å². The van der Waals surface area contributed by atoms with E-state index in [1.54, 1.807) is 0 Å². The first-order valence-electron chi connectivity index (χ1n) is 23.4. The number of hydrogen-bond donors (Lipinski definition) is 0. The molecule has 0 aliphatic carbocycles. The molecule has 0 saturated carbocycles. The highest BCUT2D eigenvalue weighted by atomic mass is 16.5. The second-order valence-corrected chi connectivity index (χ2v) is 17.9. The van der Waals surface area contributed by atoms with Crippen molar-refractivity contribution in [1.29, 1.82) is 0 Å². The summed E-state index contributed by atoms with van der Waals surface area (Å²) in [6.45, 7) is 11.6. The predicted molar refractivity (Wildman–Crippen MR) is 235 cm³/mol. The number of rotatable bonds is 43. The van der Waals surface area contributed by atoms with Crippen LogP contribution in [-0.4, -0.2) is 103 Å². The van der Waals surface area contributed by atoms with E-state index in [4.69, 9.17) is 14.2 Å². The van der Waals surface area contributed by atoms with Gasteiger partial charge in [0.2, 0.25) is 0 Å². The van der Waals surface area contributed by atoms with Crippen LogP contribution in [0.1, 0.15) is 194 Å². The molecule has 53 heavy (non-hydrogen) atoms. The largest absolute Gasteiger partial charge is 0.379 e. The fraction of sp³-hybridized carbons (Fsp3) is 0.917. The number of allylic oxidation sites excluding steroid dienone is 4. The molecule has 0 radical (unpaired) electrons. The van der Waals surface area contributed by atoms with Gasteiger partial charge in [-0.1, -0.05) is 154 Å². The molecule has 0 N–H and O–H groups in total. The molecule has 5 nitrogen and oxygen atoms in total. The van der Waals surface area contributed by atoms with Gasteiger partial charge in [-0.05, 0) is 64.2 Å². The molecule has 0 amide bonds. The van der Waals surface area contributed by atoms with Gasteiger partial charge in [0, 0.05) is 13.2 Å². The summed E-state index contributed by atoms with van der Waals surface area (Å²) in [5, 5.41) is 0. The van der Waals surface area contributed by atoms with Gasteiger partial charge in [0.25, 0.3) is 0 Å². The van der Waals surface area contributed by atoms with E-state index in [-0.39, 0.29) is 6.10 Å². The number of likely N-dealkylation sites (N-methyl/N-ethyl adjacent to an activating group) is 2. The lowest BCUT2D eigenvalue weighted by Crippen LogP contribution is -2.49. The van der Waals surface area contributed by atoms with E-state index in [0.717, 1.165) is 67.9 Å². The van der Waals surface area contributed by atoms with Crippen molar-refractivity contribution in [3.63, 3.8) is 0 Å². The SMILES string of the molecule is CCCCCCCCC=CCCCCCCCCOCC(C[N+](C)(C)CCOCC[N+](C)(C)C)OCCCCCCCCC=CCCCCCCCC. The number of quaternary nitrogens is 2. The van der Waals surface area contributed by atoms with Crippen LogP contribution in [0.4, 0.5) is 0 Å². The third-order valence-corrected chi connectivity index (χ3v) is 10.6. The topological polar surface area (TPSA) is 27.7 Å². The molecule has 0 rings (SSSR count). The van der Waals surface area contributed by atoms with Crippen LogP contribution in [0.25, 0.3) is 0 Å². The molecule has 0 aromatic rings. The first-order valence-corrected chi connectivity index (χ1v) is 23.4. The summed E-state index contributed by atoms with van der Waals surface area (Å²) >= 11 is 0. The molecule has 0 fully saturated rings. The molecule has 5 heteroatoms. The summed E-state index contributed by atoms with van der Waals surface area (Å²) in [6.07, 6.45) is 47.3. The summed E-state index contributed by atoms with van der Waals surface area (Å²) in [5.41, 5.74) is 0. The van der Waals surface area contributed by atoms with Gasteiger partial charge in [0.05, 0.1) is 55.1 Å². The second kappa shape index (κ2) is 39.5. The van der Waals surface area contributed by atoms with E-state index < -0.39 is 0 Å². The first kappa shape index (κ1) is 52.3. The summed E-state index contributed by atoms with van der Waals surface area (Å²) in [7, 11) is 11.3. The smallest absolute Gasteiger partial charge is 0.130 e. The molecule has 0 aliphatic rings. The molecule has 0 aromatic heterocycles. The van der Waals surface area contributed by atoms with Crippen LogP contribution in [0, 0.1) is 0 Å². The maximum absolute atomic E-state index is 6.50. The minimum Gasteiger partial charge on any atom is -0.379 e. The van der Waals surface area contributed by atoms with Crippen LogP contribution in [0.15, 0.2) is 24.3 Å². The monoisotopic (exact) mass is 751 g/mol. The van der Waals surface area contributed by atoms with E-state index in [1.807, 2.05) is 0 Å². The molecule has 1 unspecified atom stereocenters. The van der Waals surface area contributed by atoms with Crippen molar-refractivity contribution in [2.75, 3.05) is 87.9 Å². The van der Waals surface area contributed by atoms with Gasteiger partial charge in [-0.3, -0.25) is 0 Å². The Morgan fingerprint density at radius 3 is 1.21 bits per heavy atom. The Bertz CT molecular complexity index is 775. The Kier molecular flexibility index (Phi) is 39.0. The third-order valence-electron chi connectivity index (χ3n) is 10.6. The first-order chi connectivity index (χ1) is 25.7. The van der Waals surface area contributed by atoms with Crippen molar-refractivity contribution in [2.24, 2.45) is 0 Å². The van der Waals surface area contributed by atoms with Crippen LogP contribution < -0.4 is 0 Å². The molecule has 0 bridgehead atoms. The summed E-state index contributed by atoms with van der Waals surface area (Å²) < 4.78 is 20.6. The molecule has 0 aromatic carbocycles. The van der Waals surface area contributed by atoms with Crippen molar-refractivity contribution >= 4 is 0 Å². The molecular formula is C48H98N2O3+2. The highest BCUT2D eigenvalue weighted by Gasteiger charge is 2.23. The maximum atomic E-state index is 6.50. The summed E-state index contributed by atoms with van der Waals surface area (Å²) in [4.78, 5) is 0. The van der Waals surface area contributed by atoms with E-state index >= 15 is 0 Å². The number of unbranched alkanes of at least 4 members (excludes halogenated alkanes) is 24. The summed E-state index contributed by atoms with van der Waals surface area (Å²) in [5.74, 6) is 0. The number of ether oxygens (including phenoxy) is 3. The van der Waals surface area contributed by atoms with Gasteiger partial charge >= 0.3 is 0 Å². The van der Waals surface area contributed by atoms with Crippen molar-refractivity contribution < 1.29 is 23.2 Å². The van der Waals surface area contributed by atoms with Crippen molar-refractivity contribution in [1.82, 2.24) is 0 Å². The van der Waals surface area contributed by atoms with Gasteiger partial charge < -0.3 is 23.2 Å². The summed E-state index contributed by atoms with van der Waals surface area (Å²) in [6, 6.07) is 0. The van der Waals surface area contributed by atoms with Crippen molar-refractivity contribution in [2.45, 2.75) is 200 Å². The van der Waals surface area contributed by atoms with E-state index in [0.29, 0.717) is 6.61 Å². The quantitative estimate of drug-likeness (QED) is 0.0353. The second-order valence-electron chi connectivity index (χ2n) is 17.9. The molecule has 0 aliphatic heterocycles. The molecule has 0 spiro atoms. The molecule has 316 valence electrons. The van der Waals surface area contributed by atoms with Crippen LogP contribution in [0.3, 0.4) is 0 Å². The molecule has 1 atom stereocenters. The normalized spacial score (nSPS) is 13.3. The van der Waals surface area contributed by atoms with E-state index in [9.17, 15) is 0 Å². The zero-order chi connectivity index (χ0) is 39.0. The number of nitrogens with zero attached hydrogens (tertiary/aromatic N) is 2. The lowest BCUT2D eigenvalue weighted by Gasteiger charge is -2.33. The average molecular weight is 751 g/mol. The minimum atomic E-state index is 0.147. The standard InChI is InChI=1S/C48H98N2O3/c1-8-10-12-14-16-18-20-22-24-26-28-30-32-34-36-38-42-52-47-48(46-50(6,7)41-45-51-44-40-49(3,4)5)53-43-39-37-35-33-31-29-27-25-23-21-19-17-15-13-11-9-2/h22-25,48H,8-21,26-47H2,1-7H3/q+2. The Balaban J connectivity index is 4.16. The van der Waals surface area contributed by atoms with Crippen LogP contribution >= 0.6 is 0 Å². The fourth-order valence-corrected chi connectivity index (χ4v) is 6.81. The predicted octanol–water partition coefficient (Wildman–Crippen LogP) is 13.3. The lowest BCUT2D eigenvalue weighted by molar-refractivity contribution is -0.894. The van der Waals surface area contributed by atoms with E-state index in [2.05, 4.69) is 73.4 Å². The molecule has 0 saturated heterocycles. The zero-order valence-electron chi connectivity index (χ0n) is 37.5. The zero-order valence-corrected chi connectivity index (χ0v) is 37.5. The highest BCUT2D eigenvalue weighted by molar-refractivity contribution is 4.82. The molecule has 0 heterocycles. The molecular weight excluding hydrogens is 653 g/mol. The Labute approximate surface area is 334 Å². The van der Waals surface area contributed by atoms with Crippen LogP contribution in [0.5, 0.6) is 0 Å². The van der Waals surface area contributed by atoms with Gasteiger partial charge in [0.1, 0.15) is 25.7 Å². The van der Waals surface area contributed by atoms with Gasteiger partial charge in [-0.15, -0.1) is 0 Å². The minimum absolute atomic E-state index is 0.147. The van der Waals surface area contributed by atoms with Crippen molar-refractivity contribution in [3.8, 4) is 0 Å². The Hall–Kier alpha value is -0.720. The highest BCUT2D eigenvalue weighted by Crippen LogP contribution is 2.13. The van der Waals surface area contributed by atoms with Crippen LogP contribution in [-0.2, 0) is 14.2 Å². The Morgan fingerprint density at radius 1 is 0.396 bits per heavy atom. The number of hydrogen-bond acceptors (Lipinski definition) is 3. The lowest BCUT2D eigenvalue weighted by atomic mass is 10.1. The van der Waals surface area contributed by atoms with Gasteiger partial charge in [-0.2, -0.15) is 0 Å². The van der Waals surface area contributed by atoms with Crippen molar-refractivity contribution in [3.05, 3.63) is 24.3 Å².